The van der Waals surface area contributed by atoms with Gasteiger partial charge in [0, 0.05) is 18.4 Å². The lowest BCUT2D eigenvalue weighted by Crippen LogP contribution is -2.31. The Balaban J connectivity index is 2.16. The van der Waals surface area contributed by atoms with Gasteiger partial charge in [0.1, 0.15) is 11.6 Å². The van der Waals surface area contributed by atoms with Crippen LogP contribution in [0.3, 0.4) is 0 Å². The molecule has 1 aromatic carbocycles. The Bertz CT molecular complexity index is 441. The third kappa shape index (κ3) is 2.50. The van der Waals surface area contributed by atoms with Crippen LogP contribution in [0.25, 0.3) is 0 Å². The molecule has 1 N–H and O–H groups in total. The Morgan fingerprint density at radius 1 is 1.59 bits per heavy atom. The highest BCUT2D eigenvalue weighted by Gasteiger charge is 2.35. The van der Waals surface area contributed by atoms with Crippen LogP contribution >= 0.6 is 11.6 Å². The highest BCUT2D eigenvalue weighted by Crippen LogP contribution is 2.29. The molecule has 0 aliphatic carbocycles. The minimum atomic E-state index is -0.466. The Hall–Kier alpha value is -0.930. The molecule has 0 aromatic heterocycles. The first-order valence-electron chi connectivity index (χ1n) is 5.70. The van der Waals surface area contributed by atoms with E-state index in [2.05, 4.69) is 5.32 Å². The van der Waals surface area contributed by atoms with E-state index in [1.807, 2.05) is 6.92 Å². The molecular formula is C13H15ClFNO. The Kier molecular flexibility index (Phi) is 3.50. The van der Waals surface area contributed by atoms with Gasteiger partial charge in [-0.3, -0.25) is 4.79 Å². The number of carbonyl (C=O) groups is 1. The van der Waals surface area contributed by atoms with Crippen LogP contribution in [0, 0.1) is 11.2 Å². The van der Waals surface area contributed by atoms with Gasteiger partial charge in [-0.1, -0.05) is 30.7 Å². The summed E-state index contributed by atoms with van der Waals surface area (Å²) in [7, 11) is 0. The number of rotatable bonds is 3. The molecule has 0 amide bonds. The summed E-state index contributed by atoms with van der Waals surface area (Å²) in [4.78, 5) is 12.2. The predicted octanol–water partition coefficient (Wildman–Crippen LogP) is 2.59. The number of hydrogen-bond acceptors (Lipinski definition) is 2. The molecule has 17 heavy (non-hydrogen) atoms. The van der Waals surface area contributed by atoms with E-state index in [9.17, 15) is 9.18 Å². The fourth-order valence-corrected chi connectivity index (χ4v) is 2.32. The SMILES string of the molecule is CC1(C(=O)Cc2cccc(F)c2Cl)CCNC1. The van der Waals surface area contributed by atoms with Gasteiger partial charge in [-0.05, 0) is 24.6 Å². The van der Waals surface area contributed by atoms with Gasteiger partial charge in [0.15, 0.2) is 0 Å². The molecule has 1 aliphatic rings. The lowest BCUT2D eigenvalue weighted by atomic mass is 9.82. The third-order valence-electron chi connectivity index (χ3n) is 3.42. The summed E-state index contributed by atoms with van der Waals surface area (Å²) in [5.41, 5.74) is 0.236. The van der Waals surface area contributed by atoms with Gasteiger partial charge in [0.25, 0.3) is 0 Å². The summed E-state index contributed by atoms with van der Waals surface area (Å²) < 4.78 is 13.2. The molecule has 2 rings (SSSR count). The average molecular weight is 256 g/mol. The van der Waals surface area contributed by atoms with Crippen LogP contribution in [0.2, 0.25) is 5.02 Å². The summed E-state index contributed by atoms with van der Waals surface area (Å²) in [5.74, 6) is -0.346. The number of ketones is 1. The average Bonchev–Trinajstić information content (AvgIpc) is 2.73. The van der Waals surface area contributed by atoms with Gasteiger partial charge in [-0.25, -0.2) is 4.39 Å². The highest BCUT2D eigenvalue weighted by atomic mass is 35.5. The van der Waals surface area contributed by atoms with Crippen LogP contribution in [-0.4, -0.2) is 18.9 Å². The number of carbonyl (C=O) groups excluding carboxylic acids is 1. The molecule has 1 heterocycles. The van der Waals surface area contributed by atoms with E-state index < -0.39 is 5.82 Å². The van der Waals surface area contributed by atoms with Crippen LogP contribution in [0.4, 0.5) is 4.39 Å². The predicted molar refractivity (Wildman–Crippen MR) is 65.7 cm³/mol. The molecule has 1 saturated heterocycles. The molecule has 0 spiro atoms. The molecular weight excluding hydrogens is 241 g/mol. The van der Waals surface area contributed by atoms with Crippen molar-refractivity contribution in [1.82, 2.24) is 5.32 Å². The van der Waals surface area contributed by atoms with Crippen molar-refractivity contribution < 1.29 is 9.18 Å². The maximum atomic E-state index is 13.2. The van der Waals surface area contributed by atoms with E-state index in [1.54, 1.807) is 12.1 Å². The van der Waals surface area contributed by atoms with E-state index in [4.69, 9.17) is 11.6 Å². The van der Waals surface area contributed by atoms with Crippen molar-refractivity contribution in [3.8, 4) is 0 Å². The lowest BCUT2D eigenvalue weighted by Gasteiger charge is -2.21. The zero-order chi connectivity index (χ0) is 12.5. The summed E-state index contributed by atoms with van der Waals surface area (Å²) in [6, 6.07) is 4.59. The maximum Gasteiger partial charge on any atom is 0.144 e. The zero-order valence-corrected chi connectivity index (χ0v) is 10.5. The molecule has 1 atom stereocenters. The fraction of sp³-hybridized carbons (Fsp3) is 0.462. The van der Waals surface area contributed by atoms with Gasteiger partial charge in [-0.2, -0.15) is 0 Å². The van der Waals surface area contributed by atoms with E-state index in [0.717, 1.165) is 13.0 Å². The first kappa shape index (κ1) is 12.5. The first-order valence-corrected chi connectivity index (χ1v) is 6.08. The van der Waals surface area contributed by atoms with Crippen LogP contribution in [0.1, 0.15) is 18.9 Å². The molecule has 1 unspecified atom stereocenters. The van der Waals surface area contributed by atoms with Gasteiger partial charge in [0.05, 0.1) is 5.02 Å². The van der Waals surface area contributed by atoms with E-state index in [-0.39, 0.29) is 22.6 Å². The smallest absolute Gasteiger partial charge is 0.144 e. The van der Waals surface area contributed by atoms with Crippen molar-refractivity contribution in [2.75, 3.05) is 13.1 Å². The standard InChI is InChI=1S/C13H15ClFNO/c1-13(5-6-16-8-13)11(17)7-9-3-2-4-10(15)12(9)14/h2-4,16H,5-8H2,1H3. The Morgan fingerprint density at radius 2 is 2.35 bits per heavy atom. The summed E-state index contributed by atoms with van der Waals surface area (Å²) in [6.45, 7) is 3.50. The quantitative estimate of drug-likeness (QED) is 0.900. The maximum absolute atomic E-state index is 13.2. The summed E-state index contributed by atoms with van der Waals surface area (Å²) in [6.07, 6.45) is 1.04. The Labute approximate surface area is 105 Å². The molecule has 1 aromatic rings. The number of Topliss-reactive ketones (excluding diaryl/α,β-unsaturated/α-hetero) is 1. The Morgan fingerprint density at radius 3 is 3.00 bits per heavy atom. The van der Waals surface area contributed by atoms with E-state index >= 15 is 0 Å². The summed E-state index contributed by atoms with van der Waals surface area (Å²) >= 11 is 5.85. The molecule has 2 nitrogen and oxygen atoms in total. The second kappa shape index (κ2) is 4.75. The molecule has 92 valence electrons. The van der Waals surface area contributed by atoms with Gasteiger partial charge in [-0.15, -0.1) is 0 Å². The van der Waals surface area contributed by atoms with Crippen molar-refractivity contribution in [1.29, 1.82) is 0 Å². The van der Waals surface area contributed by atoms with Crippen molar-refractivity contribution in [3.63, 3.8) is 0 Å². The lowest BCUT2D eigenvalue weighted by molar-refractivity contribution is -0.126. The van der Waals surface area contributed by atoms with Gasteiger partial charge in [0.2, 0.25) is 0 Å². The van der Waals surface area contributed by atoms with Crippen LogP contribution < -0.4 is 5.32 Å². The molecule has 0 saturated carbocycles. The van der Waals surface area contributed by atoms with Crippen molar-refractivity contribution in [2.45, 2.75) is 19.8 Å². The van der Waals surface area contributed by atoms with E-state index in [1.165, 1.54) is 6.07 Å². The normalized spacial score (nSPS) is 23.9. The van der Waals surface area contributed by atoms with Gasteiger partial charge < -0.3 is 5.32 Å². The number of hydrogen-bond donors (Lipinski definition) is 1. The monoisotopic (exact) mass is 255 g/mol. The minimum Gasteiger partial charge on any atom is -0.316 e. The second-order valence-electron chi connectivity index (χ2n) is 4.80. The zero-order valence-electron chi connectivity index (χ0n) is 9.72. The van der Waals surface area contributed by atoms with Crippen LogP contribution in [0.5, 0.6) is 0 Å². The molecule has 1 aliphatic heterocycles. The van der Waals surface area contributed by atoms with E-state index in [0.29, 0.717) is 12.1 Å². The van der Waals surface area contributed by atoms with Crippen molar-refractivity contribution >= 4 is 17.4 Å². The highest BCUT2D eigenvalue weighted by molar-refractivity contribution is 6.31. The molecule has 1 fully saturated rings. The number of nitrogens with one attached hydrogen (secondary N) is 1. The number of benzene rings is 1. The van der Waals surface area contributed by atoms with Crippen molar-refractivity contribution in [3.05, 3.63) is 34.6 Å². The first-order chi connectivity index (χ1) is 8.03. The topological polar surface area (TPSA) is 29.1 Å². The molecule has 4 heteroatoms. The van der Waals surface area contributed by atoms with Gasteiger partial charge >= 0.3 is 0 Å². The van der Waals surface area contributed by atoms with Crippen molar-refractivity contribution in [2.24, 2.45) is 5.41 Å². The third-order valence-corrected chi connectivity index (χ3v) is 3.85. The number of halogens is 2. The molecule has 0 bridgehead atoms. The van der Waals surface area contributed by atoms with Crippen LogP contribution in [0.15, 0.2) is 18.2 Å². The summed E-state index contributed by atoms with van der Waals surface area (Å²) in [5, 5.41) is 3.24. The minimum absolute atomic E-state index is 0.0652. The van der Waals surface area contributed by atoms with Crippen LogP contribution in [-0.2, 0) is 11.2 Å². The molecule has 0 radical (unpaired) electrons. The largest absolute Gasteiger partial charge is 0.316 e. The fourth-order valence-electron chi connectivity index (χ4n) is 2.13. The second-order valence-corrected chi connectivity index (χ2v) is 5.18.